The van der Waals surface area contributed by atoms with E-state index in [1.54, 1.807) is 0 Å². The molecule has 0 spiro atoms. The number of non-ortho nitro benzene ring substituents is 1. The predicted octanol–water partition coefficient (Wildman–Crippen LogP) is 2.48. The van der Waals surface area contributed by atoms with E-state index in [1.165, 1.54) is 41.4 Å². The van der Waals surface area contributed by atoms with Crippen molar-refractivity contribution in [1.82, 2.24) is 9.21 Å². The number of sulfonamides is 1. The summed E-state index contributed by atoms with van der Waals surface area (Å²) >= 11 is 0. The molecule has 7 nitrogen and oxygen atoms in total. The largest absolute Gasteiger partial charge is 0.300 e. The molecule has 0 aromatic heterocycles. The second-order valence-electron chi connectivity index (χ2n) is 7.13. The number of rotatable bonds is 4. The Morgan fingerprint density at radius 2 is 1.72 bits per heavy atom. The van der Waals surface area contributed by atoms with Gasteiger partial charge in [0, 0.05) is 37.8 Å². The number of piperidine rings is 2. The zero-order valence-corrected chi connectivity index (χ0v) is 15.3. The Bertz CT molecular complexity index is 712. The summed E-state index contributed by atoms with van der Waals surface area (Å²) in [6.45, 7) is 5.52. The average Bonchev–Trinajstić information content (AvgIpc) is 2.62. The van der Waals surface area contributed by atoms with E-state index in [4.69, 9.17) is 0 Å². The van der Waals surface area contributed by atoms with E-state index in [9.17, 15) is 18.5 Å². The van der Waals surface area contributed by atoms with E-state index in [0.29, 0.717) is 19.1 Å². The molecule has 3 rings (SSSR count). The monoisotopic (exact) mass is 367 g/mol. The second-order valence-corrected chi connectivity index (χ2v) is 9.07. The number of benzene rings is 1. The first-order valence-corrected chi connectivity index (χ1v) is 10.3. The summed E-state index contributed by atoms with van der Waals surface area (Å²) < 4.78 is 27.0. The van der Waals surface area contributed by atoms with Crippen molar-refractivity contribution in [3.63, 3.8) is 0 Å². The zero-order chi connectivity index (χ0) is 18.0. The van der Waals surface area contributed by atoms with Crippen LogP contribution in [0, 0.1) is 16.0 Å². The van der Waals surface area contributed by atoms with Crippen LogP contribution in [0.25, 0.3) is 0 Å². The van der Waals surface area contributed by atoms with Gasteiger partial charge in [0.2, 0.25) is 10.0 Å². The molecule has 1 aromatic carbocycles. The molecule has 2 heterocycles. The quantitative estimate of drug-likeness (QED) is 0.603. The lowest BCUT2D eigenvalue weighted by Gasteiger charge is -2.41. The van der Waals surface area contributed by atoms with Gasteiger partial charge in [-0.3, -0.25) is 10.1 Å². The highest BCUT2D eigenvalue weighted by Crippen LogP contribution is 2.27. The van der Waals surface area contributed by atoms with Gasteiger partial charge in [-0.1, -0.05) is 6.92 Å². The molecule has 2 aliphatic heterocycles. The van der Waals surface area contributed by atoms with Crippen molar-refractivity contribution in [2.75, 3.05) is 26.2 Å². The van der Waals surface area contributed by atoms with Gasteiger partial charge in [-0.05, 0) is 50.3 Å². The summed E-state index contributed by atoms with van der Waals surface area (Å²) in [5, 5.41) is 10.7. The van der Waals surface area contributed by atoms with Crippen molar-refractivity contribution in [1.29, 1.82) is 0 Å². The summed E-state index contributed by atoms with van der Waals surface area (Å²) in [5.41, 5.74) is -0.100. The second kappa shape index (κ2) is 7.39. The Morgan fingerprint density at radius 1 is 1.08 bits per heavy atom. The SMILES string of the molecule is CC1CCCN(C2CCN(S(=O)(=O)c3ccc([N+](=O)[O-])cc3)CC2)C1. The highest BCUT2D eigenvalue weighted by Gasteiger charge is 2.33. The van der Waals surface area contributed by atoms with Gasteiger partial charge >= 0.3 is 0 Å². The minimum atomic E-state index is -3.58. The molecule has 25 heavy (non-hydrogen) atoms. The van der Waals surface area contributed by atoms with Crippen molar-refractivity contribution in [3.8, 4) is 0 Å². The standard InChI is InChI=1S/C17H25N3O4S/c1-14-3-2-10-18(13-14)15-8-11-19(12-9-15)25(23,24)17-6-4-16(5-7-17)20(21)22/h4-7,14-15H,2-3,8-13H2,1H3. The van der Waals surface area contributed by atoms with Crippen LogP contribution in [-0.4, -0.2) is 54.8 Å². The minimum Gasteiger partial charge on any atom is -0.300 e. The third-order valence-corrected chi connectivity index (χ3v) is 7.23. The number of nitrogens with zero attached hydrogens (tertiary/aromatic N) is 3. The highest BCUT2D eigenvalue weighted by atomic mass is 32.2. The maximum absolute atomic E-state index is 12.7. The molecule has 1 atom stereocenters. The molecule has 2 fully saturated rings. The Labute approximate surface area is 148 Å². The summed E-state index contributed by atoms with van der Waals surface area (Å²) in [5.74, 6) is 0.718. The third kappa shape index (κ3) is 4.02. The maximum atomic E-state index is 12.7. The Kier molecular flexibility index (Phi) is 5.41. The topological polar surface area (TPSA) is 83.8 Å². The molecule has 1 unspecified atom stereocenters. The number of likely N-dealkylation sites (tertiary alicyclic amines) is 1. The number of hydrogen-bond acceptors (Lipinski definition) is 5. The van der Waals surface area contributed by atoms with Gasteiger partial charge in [-0.15, -0.1) is 0 Å². The van der Waals surface area contributed by atoms with Crippen molar-refractivity contribution in [3.05, 3.63) is 34.4 Å². The molecule has 0 aliphatic carbocycles. The van der Waals surface area contributed by atoms with Crippen LogP contribution in [0.2, 0.25) is 0 Å². The lowest BCUT2D eigenvalue weighted by atomic mass is 9.96. The van der Waals surface area contributed by atoms with Gasteiger partial charge in [0.05, 0.1) is 9.82 Å². The van der Waals surface area contributed by atoms with Crippen LogP contribution in [0.3, 0.4) is 0 Å². The molecule has 0 radical (unpaired) electrons. The summed E-state index contributed by atoms with van der Waals surface area (Å²) in [6.07, 6.45) is 4.20. The lowest BCUT2D eigenvalue weighted by molar-refractivity contribution is -0.384. The van der Waals surface area contributed by atoms with E-state index in [-0.39, 0.29) is 10.6 Å². The van der Waals surface area contributed by atoms with Crippen molar-refractivity contribution >= 4 is 15.7 Å². The Balaban J connectivity index is 1.64. The first kappa shape index (κ1) is 18.3. The highest BCUT2D eigenvalue weighted by molar-refractivity contribution is 7.89. The number of hydrogen-bond donors (Lipinski definition) is 0. The van der Waals surface area contributed by atoms with Crippen LogP contribution in [0.4, 0.5) is 5.69 Å². The molecule has 8 heteroatoms. The summed E-state index contributed by atoms with van der Waals surface area (Å²) in [6, 6.07) is 5.60. The molecule has 2 aliphatic rings. The van der Waals surface area contributed by atoms with Gasteiger partial charge in [0.1, 0.15) is 0 Å². The van der Waals surface area contributed by atoms with Crippen LogP contribution < -0.4 is 0 Å². The molecule has 2 saturated heterocycles. The normalized spacial score (nSPS) is 24.3. The third-order valence-electron chi connectivity index (χ3n) is 5.31. The predicted molar refractivity (Wildman–Crippen MR) is 94.8 cm³/mol. The zero-order valence-electron chi connectivity index (χ0n) is 14.5. The molecule has 0 saturated carbocycles. The average molecular weight is 367 g/mol. The molecular weight excluding hydrogens is 342 g/mol. The van der Waals surface area contributed by atoms with Gasteiger partial charge in [-0.25, -0.2) is 8.42 Å². The maximum Gasteiger partial charge on any atom is 0.269 e. The first-order valence-electron chi connectivity index (χ1n) is 8.86. The van der Waals surface area contributed by atoms with Crippen LogP contribution in [0.1, 0.15) is 32.6 Å². The lowest BCUT2D eigenvalue weighted by Crippen LogP contribution is -2.49. The van der Waals surface area contributed by atoms with Gasteiger partial charge in [0.15, 0.2) is 0 Å². The molecular formula is C17H25N3O4S. The van der Waals surface area contributed by atoms with Gasteiger partial charge in [0.25, 0.3) is 5.69 Å². The summed E-state index contributed by atoms with van der Waals surface area (Å²) in [4.78, 5) is 12.8. The van der Waals surface area contributed by atoms with Gasteiger partial charge in [-0.2, -0.15) is 4.31 Å². The van der Waals surface area contributed by atoms with Crippen LogP contribution >= 0.6 is 0 Å². The fraction of sp³-hybridized carbons (Fsp3) is 0.647. The summed E-state index contributed by atoms with van der Waals surface area (Å²) in [7, 11) is -3.58. The number of nitro benzene ring substituents is 1. The minimum absolute atomic E-state index is 0.100. The Morgan fingerprint density at radius 3 is 2.28 bits per heavy atom. The molecule has 1 aromatic rings. The van der Waals surface area contributed by atoms with Crippen LogP contribution in [0.15, 0.2) is 29.2 Å². The van der Waals surface area contributed by atoms with E-state index < -0.39 is 14.9 Å². The van der Waals surface area contributed by atoms with E-state index in [2.05, 4.69) is 11.8 Å². The fourth-order valence-electron chi connectivity index (χ4n) is 3.89. The molecule has 138 valence electrons. The first-order chi connectivity index (χ1) is 11.9. The smallest absolute Gasteiger partial charge is 0.269 e. The van der Waals surface area contributed by atoms with E-state index in [0.717, 1.165) is 31.8 Å². The van der Waals surface area contributed by atoms with Crippen molar-refractivity contribution in [2.24, 2.45) is 5.92 Å². The molecule has 0 N–H and O–H groups in total. The van der Waals surface area contributed by atoms with Crippen molar-refractivity contribution in [2.45, 2.75) is 43.5 Å². The van der Waals surface area contributed by atoms with E-state index in [1.807, 2.05) is 0 Å². The van der Waals surface area contributed by atoms with Crippen molar-refractivity contribution < 1.29 is 13.3 Å². The number of nitro groups is 1. The van der Waals surface area contributed by atoms with Gasteiger partial charge < -0.3 is 4.90 Å². The Hall–Kier alpha value is -1.51. The van der Waals surface area contributed by atoms with Crippen LogP contribution in [-0.2, 0) is 10.0 Å². The fourth-order valence-corrected chi connectivity index (χ4v) is 5.36. The van der Waals surface area contributed by atoms with E-state index >= 15 is 0 Å². The van der Waals surface area contributed by atoms with Crippen LogP contribution in [0.5, 0.6) is 0 Å². The molecule has 0 amide bonds. The molecule has 0 bridgehead atoms.